The zero-order valence-corrected chi connectivity index (χ0v) is 12.3. The molecule has 1 aliphatic rings. The van der Waals surface area contributed by atoms with Crippen molar-refractivity contribution in [2.24, 2.45) is 5.92 Å². The van der Waals surface area contributed by atoms with E-state index in [4.69, 9.17) is 0 Å². The molecule has 0 saturated heterocycles. The van der Waals surface area contributed by atoms with Crippen LogP contribution in [0.2, 0.25) is 0 Å². The molecule has 0 unspecified atom stereocenters. The fourth-order valence-corrected chi connectivity index (χ4v) is 3.00. The number of nitrogens with one attached hydrogen (secondary N) is 1. The van der Waals surface area contributed by atoms with Gasteiger partial charge in [0.2, 0.25) is 5.91 Å². The van der Waals surface area contributed by atoms with Crippen molar-refractivity contribution < 1.29 is 14.7 Å². The maximum atomic E-state index is 12.0. The van der Waals surface area contributed by atoms with Crippen molar-refractivity contribution in [2.45, 2.75) is 51.0 Å². The van der Waals surface area contributed by atoms with Crippen molar-refractivity contribution in [1.29, 1.82) is 0 Å². The van der Waals surface area contributed by atoms with Gasteiger partial charge in [0.05, 0.1) is 0 Å². The molecule has 4 heteroatoms. The molecule has 0 bridgehead atoms. The van der Waals surface area contributed by atoms with E-state index in [1.54, 1.807) is 0 Å². The highest BCUT2D eigenvalue weighted by atomic mass is 16.4. The summed E-state index contributed by atoms with van der Waals surface area (Å²) in [6.07, 6.45) is 6.07. The number of aryl methyl sites for hydroxylation is 1. The topological polar surface area (TPSA) is 66.4 Å². The molecule has 1 aliphatic carbocycles. The lowest BCUT2D eigenvalue weighted by atomic mass is 9.84. The van der Waals surface area contributed by atoms with E-state index in [0.717, 1.165) is 31.2 Å². The largest absolute Gasteiger partial charge is 0.480 e. The molecule has 1 aromatic carbocycles. The Bertz CT molecular complexity index is 466. The van der Waals surface area contributed by atoms with Crippen LogP contribution >= 0.6 is 0 Å². The van der Waals surface area contributed by atoms with E-state index in [1.165, 1.54) is 6.42 Å². The number of rotatable bonds is 6. The predicted molar refractivity (Wildman–Crippen MR) is 80.9 cm³/mol. The van der Waals surface area contributed by atoms with Crippen LogP contribution in [-0.4, -0.2) is 23.0 Å². The molecule has 2 N–H and O–H groups in total. The third-order valence-electron chi connectivity index (χ3n) is 4.19. The second-order valence-electron chi connectivity index (χ2n) is 5.77. The standard InChI is InChI=1S/C17H23NO3/c19-15(12-11-13-7-3-1-4-8-13)18-16(17(20)21)14-9-5-2-6-10-14/h1,3-4,7-8,14,16H,2,5-6,9-12H2,(H,18,19)(H,20,21)/t16-/m0/s1. The minimum atomic E-state index is -0.907. The number of amides is 1. The Kier molecular flexibility index (Phi) is 5.78. The number of carboxylic acids is 1. The zero-order chi connectivity index (χ0) is 15.1. The van der Waals surface area contributed by atoms with Gasteiger partial charge in [0.1, 0.15) is 6.04 Å². The summed E-state index contributed by atoms with van der Waals surface area (Å²) in [4.78, 5) is 23.4. The number of hydrogen-bond acceptors (Lipinski definition) is 2. The van der Waals surface area contributed by atoms with Gasteiger partial charge in [-0.3, -0.25) is 4.79 Å². The van der Waals surface area contributed by atoms with Crippen LogP contribution in [0, 0.1) is 5.92 Å². The summed E-state index contributed by atoms with van der Waals surface area (Å²) in [7, 11) is 0. The number of aliphatic carboxylic acids is 1. The smallest absolute Gasteiger partial charge is 0.326 e. The second kappa shape index (κ2) is 7.81. The molecule has 0 spiro atoms. The lowest BCUT2D eigenvalue weighted by Crippen LogP contribution is -2.46. The Hall–Kier alpha value is -1.84. The molecule has 114 valence electrons. The summed E-state index contributed by atoms with van der Waals surface area (Å²) in [5.41, 5.74) is 1.09. The second-order valence-corrected chi connectivity index (χ2v) is 5.77. The monoisotopic (exact) mass is 289 g/mol. The summed E-state index contributed by atoms with van der Waals surface area (Å²) in [5.74, 6) is -0.997. The van der Waals surface area contributed by atoms with Gasteiger partial charge in [0.25, 0.3) is 0 Å². The van der Waals surface area contributed by atoms with Gasteiger partial charge in [-0.1, -0.05) is 49.6 Å². The molecule has 1 atom stereocenters. The first-order chi connectivity index (χ1) is 10.2. The fraction of sp³-hybridized carbons (Fsp3) is 0.529. The van der Waals surface area contributed by atoms with E-state index in [2.05, 4.69) is 5.32 Å². The van der Waals surface area contributed by atoms with Crippen molar-refractivity contribution in [1.82, 2.24) is 5.32 Å². The predicted octanol–water partition coefficient (Wildman–Crippen LogP) is 2.77. The van der Waals surface area contributed by atoms with Crippen LogP contribution in [0.5, 0.6) is 0 Å². The summed E-state index contributed by atoms with van der Waals surface area (Å²) in [6, 6.07) is 9.04. The molecule has 21 heavy (non-hydrogen) atoms. The Morgan fingerprint density at radius 1 is 1.14 bits per heavy atom. The number of carboxylic acid groups (broad SMARTS) is 1. The highest BCUT2D eigenvalue weighted by Gasteiger charge is 2.30. The quantitative estimate of drug-likeness (QED) is 0.846. The molecule has 0 aliphatic heterocycles. The van der Waals surface area contributed by atoms with Gasteiger partial charge < -0.3 is 10.4 Å². The molecule has 1 saturated carbocycles. The average molecular weight is 289 g/mol. The fourth-order valence-electron chi connectivity index (χ4n) is 3.00. The average Bonchev–Trinajstić information content (AvgIpc) is 2.52. The van der Waals surface area contributed by atoms with Crippen LogP contribution in [0.1, 0.15) is 44.1 Å². The van der Waals surface area contributed by atoms with Crippen molar-refractivity contribution >= 4 is 11.9 Å². The Morgan fingerprint density at radius 3 is 2.43 bits per heavy atom. The van der Waals surface area contributed by atoms with Gasteiger partial charge in [0, 0.05) is 6.42 Å². The maximum Gasteiger partial charge on any atom is 0.326 e. The highest BCUT2D eigenvalue weighted by molar-refractivity contribution is 5.83. The Balaban J connectivity index is 1.84. The van der Waals surface area contributed by atoms with E-state index >= 15 is 0 Å². The van der Waals surface area contributed by atoms with Crippen LogP contribution in [0.3, 0.4) is 0 Å². The summed E-state index contributed by atoms with van der Waals surface area (Å²) in [5, 5.41) is 12.1. The normalized spacial score (nSPS) is 17.1. The van der Waals surface area contributed by atoms with Gasteiger partial charge in [-0.15, -0.1) is 0 Å². The molecule has 1 fully saturated rings. The number of carbonyl (C=O) groups is 2. The first-order valence-electron chi connectivity index (χ1n) is 7.73. The van der Waals surface area contributed by atoms with Crippen molar-refractivity contribution in [2.75, 3.05) is 0 Å². The first-order valence-corrected chi connectivity index (χ1v) is 7.73. The zero-order valence-electron chi connectivity index (χ0n) is 12.3. The van der Waals surface area contributed by atoms with Crippen molar-refractivity contribution in [3.05, 3.63) is 35.9 Å². The highest BCUT2D eigenvalue weighted by Crippen LogP contribution is 2.26. The van der Waals surface area contributed by atoms with Crippen LogP contribution in [0.15, 0.2) is 30.3 Å². The Morgan fingerprint density at radius 2 is 1.81 bits per heavy atom. The molecular weight excluding hydrogens is 266 g/mol. The maximum absolute atomic E-state index is 12.0. The van der Waals surface area contributed by atoms with E-state index in [-0.39, 0.29) is 11.8 Å². The van der Waals surface area contributed by atoms with Gasteiger partial charge in [-0.2, -0.15) is 0 Å². The van der Waals surface area contributed by atoms with E-state index in [9.17, 15) is 14.7 Å². The van der Waals surface area contributed by atoms with Crippen molar-refractivity contribution in [3.8, 4) is 0 Å². The van der Waals surface area contributed by atoms with Crippen LogP contribution < -0.4 is 5.32 Å². The third-order valence-corrected chi connectivity index (χ3v) is 4.19. The molecule has 4 nitrogen and oxygen atoms in total. The van der Waals surface area contributed by atoms with Crippen LogP contribution in [0.4, 0.5) is 0 Å². The summed E-state index contributed by atoms with van der Waals surface area (Å²) in [6.45, 7) is 0. The minimum absolute atomic E-state index is 0.0805. The van der Waals surface area contributed by atoms with Crippen LogP contribution in [-0.2, 0) is 16.0 Å². The molecular formula is C17H23NO3. The lowest BCUT2D eigenvalue weighted by Gasteiger charge is -2.28. The van der Waals surface area contributed by atoms with E-state index in [1.807, 2.05) is 30.3 Å². The number of benzene rings is 1. The summed E-state index contributed by atoms with van der Waals surface area (Å²) < 4.78 is 0. The SMILES string of the molecule is O=C(CCc1ccccc1)N[C@H](C(=O)O)C1CCCCC1. The lowest BCUT2D eigenvalue weighted by molar-refractivity contribution is -0.143. The van der Waals surface area contributed by atoms with Gasteiger partial charge >= 0.3 is 5.97 Å². The van der Waals surface area contributed by atoms with E-state index < -0.39 is 12.0 Å². The molecule has 0 radical (unpaired) electrons. The van der Waals surface area contributed by atoms with Crippen LogP contribution in [0.25, 0.3) is 0 Å². The third kappa shape index (κ3) is 4.88. The van der Waals surface area contributed by atoms with E-state index in [0.29, 0.717) is 12.8 Å². The number of carbonyl (C=O) groups excluding carboxylic acids is 1. The molecule has 2 rings (SSSR count). The van der Waals surface area contributed by atoms with Gasteiger partial charge in [-0.25, -0.2) is 4.79 Å². The molecule has 1 aromatic rings. The van der Waals surface area contributed by atoms with Crippen molar-refractivity contribution in [3.63, 3.8) is 0 Å². The Labute approximate surface area is 125 Å². The minimum Gasteiger partial charge on any atom is -0.480 e. The first kappa shape index (κ1) is 15.5. The summed E-state index contributed by atoms with van der Waals surface area (Å²) >= 11 is 0. The van der Waals surface area contributed by atoms with Gasteiger partial charge in [-0.05, 0) is 30.7 Å². The number of hydrogen-bond donors (Lipinski definition) is 2. The van der Waals surface area contributed by atoms with Gasteiger partial charge in [0.15, 0.2) is 0 Å². The molecule has 0 aromatic heterocycles. The molecule has 0 heterocycles. The molecule has 1 amide bonds.